The Balaban J connectivity index is 2.48. The van der Waals surface area contributed by atoms with Gasteiger partial charge in [0.1, 0.15) is 12.4 Å². The van der Waals surface area contributed by atoms with Crippen molar-refractivity contribution in [3.8, 4) is 5.75 Å². The molecule has 20 heavy (non-hydrogen) atoms. The summed E-state index contributed by atoms with van der Waals surface area (Å²) in [6.07, 6.45) is 3.35. The molecule has 0 aliphatic rings. The fourth-order valence-corrected chi connectivity index (χ4v) is 2.18. The summed E-state index contributed by atoms with van der Waals surface area (Å²) in [6, 6.07) is 8.64. The molecule has 1 atom stereocenters. The van der Waals surface area contributed by atoms with Crippen molar-refractivity contribution in [3.63, 3.8) is 0 Å². The van der Waals surface area contributed by atoms with E-state index in [0.29, 0.717) is 19.3 Å². The van der Waals surface area contributed by atoms with Gasteiger partial charge in [-0.3, -0.25) is 0 Å². The molecule has 114 valence electrons. The van der Waals surface area contributed by atoms with Gasteiger partial charge in [0.05, 0.1) is 6.61 Å². The van der Waals surface area contributed by atoms with Crippen LogP contribution in [0.3, 0.4) is 0 Å². The minimum absolute atomic E-state index is 0.359. The van der Waals surface area contributed by atoms with Gasteiger partial charge in [0.2, 0.25) is 0 Å². The maximum atomic E-state index is 5.88. The van der Waals surface area contributed by atoms with E-state index in [1.165, 1.54) is 12.0 Å². The lowest BCUT2D eigenvalue weighted by atomic mass is 10.0. The van der Waals surface area contributed by atoms with Crippen molar-refractivity contribution in [2.24, 2.45) is 0 Å². The van der Waals surface area contributed by atoms with E-state index >= 15 is 0 Å². The third-order valence-corrected chi connectivity index (χ3v) is 3.28. The topological polar surface area (TPSA) is 30.5 Å². The summed E-state index contributed by atoms with van der Waals surface area (Å²) in [6.45, 7) is 9.56. The molecule has 1 rings (SSSR count). The second kappa shape index (κ2) is 10.7. The third-order valence-electron chi connectivity index (χ3n) is 3.28. The SMILES string of the molecule is CCCCOCCOc1ccccc1C(CC)NCC. The van der Waals surface area contributed by atoms with Crippen molar-refractivity contribution in [2.75, 3.05) is 26.4 Å². The van der Waals surface area contributed by atoms with Gasteiger partial charge in [0.25, 0.3) is 0 Å². The minimum atomic E-state index is 0.359. The fourth-order valence-electron chi connectivity index (χ4n) is 2.18. The predicted octanol–water partition coefficient (Wildman–Crippen LogP) is 3.94. The maximum absolute atomic E-state index is 5.88. The lowest BCUT2D eigenvalue weighted by molar-refractivity contribution is 0.0975. The Hall–Kier alpha value is -1.06. The predicted molar refractivity (Wildman–Crippen MR) is 84.4 cm³/mol. The van der Waals surface area contributed by atoms with Crippen molar-refractivity contribution in [3.05, 3.63) is 29.8 Å². The number of ether oxygens (including phenoxy) is 2. The molecule has 0 bridgehead atoms. The van der Waals surface area contributed by atoms with E-state index in [1.807, 2.05) is 12.1 Å². The second-order valence-corrected chi connectivity index (χ2v) is 4.87. The van der Waals surface area contributed by atoms with E-state index in [-0.39, 0.29) is 0 Å². The molecule has 0 spiro atoms. The Labute approximate surface area is 123 Å². The smallest absolute Gasteiger partial charge is 0.124 e. The third kappa shape index (κ3) is 5.93. The molecule has 0 aliphatic carbocycles. The number of rotatable bonds is 11. The molecule has 0 heterocycles. The highest BCUT2D eigenvalue weighted by Gasteiger charge is 2.12. The zero-order chi connectivity index (χ0) is 14.6. The van der Waals surface area contributed by atoms with Crippen LogP contribution in [0.25, 0.3) is 0 Å². The molecule has 1 aromatic carbocycles. The van der Waals surface area contributed by atoms with Crippen LogP contribution in [0.5, 0.6) is 5.75 Å². The van der Waals surface area contributed by atoms with Crippen LogP contribution in [0.4, 0.5) is 0 Å². The molecule has 3 nitrogen and oxygen atoms in total. The molecule has 0 amide bonds. The first kappa shape index (κ1) is 17.0. The Bertz CT molecular complexity index is 355. The molecule has 3 heteroatoms. The first-order chi connectivity index (χ1) is 9.83. The van der Waals surface area contributed by atoms with Gasteiger partial charge in [0.15, 0.2) is 0 Å². The molecule has 1 aromatic rings. The highest BCUT2D eigenvalue weighted by molar-refractivity contribution is 5.35. The van der Waals surface area contributed by atoms with Crippen LogP contribution < -0.4 is 10.1 Å². The Morgan fingerprint density at radius 3 is 2.55 bits per heavy atom. The van der Waals surface area contributed by atoms with Gasteiger partial charge in [-0.2, -0.15) is 0 Å². The van der Waals surface area contributed by atoms with Crippen LogP contribution in [-0.4, -0.2) is 26.4 Å². The van der Waals surface area contributed by atoms with Crippen molar-refractivity contribution in [1.29, 1.82) is 0 Å². The van der Waals surface area contributed by atoms with Crippen molar-refractivity contribution in [1.82, 2.24) is 5.32 Å². The van der Waals surface area contributed by atoms with Crippen LogP contribution in [-0.2, 0) is 4.74 Å². The van der Waals surface area contributed by atoms with Gasteiger partial charge in [-0.15, -0.1) is 0 Å². The van der Waals surface area contributed by atoms with Gasteiger partial charge in [-0.05, 0) is 25.5 Å². The van der Waals surface area contributed by atoms with Crippen LogP contribution in [0.1, 0.15) is 51.6 Å². The number of hydrogen-bond donors (Lipinski definition) is 1. The largest absolute Gasteiger partial charge is 0.491 e. The average molecular weight is 279 g/mol. The average Bonchev–Trinajstić information content (AvgIpc) is 2.49. The van der Waals surface area contributed by atoms with E-state index in [0.717, 1.165) is 31.7 Å². The summed E-state index contributed by atoms with van der Waals surface area (Å²) < 4.78 is 11.4. The summed E-state index contributed by atoms with van der Waals surface area (Å²) in [4.78, 5) is 0. The van der Waals surface area contributed by atoms with Crippen molar-refractivity contribution >= 4 is 0 Å². The molecule has 0 saturated heterocycles. The van der Waals surface area contributed by atoms with Gasteiger partial charge >= 0.3 is 0 Å². The summed E-state index contributed by atoms with van der Waals surface area (Å²) in [5.41, 5.74) is 1.24. The van der Waals surface area contributed by atoms with Gasteiger partial charge in [-0.25, -0.2) is 0 Å². The quantitative estimate of drug-likeness (QED) is 0.622. The molecule has 1 unspecified atom stereocenters. The molecule has 0 radical (unpaired) electrons. The van der Waals surface area contributed by atoms with Gasteiger partial charge in [-0.1, -0.05) is 45.4 Å². The zero-order valence-electron chi connectivity index (χ0n) is 13.2. The molecular formula is C17H29NO2. The molecular weight excluding hydrogens is 250 g/mol. The van der Waals surface area contributed by atoms with E-state index in [4.69, 9.17) is 9.47 Å². The van der Waals surface area contributed by atoms with Crippen LogP contribution in [0.2, 0.25) is 0 Å². The van der Waals surface area contributed by atoms with Crippen molar-refractivity contribution < 1.29 is 9.47 Å². The molecule has 1 N–H and O–H groups in total. The van der Waals surface area contributed by atoms with Crippen LogP contribution in [0, 0.1) is 0 Å². The molecule has 0 aliphatic heterocycles. The first-order valence-corrected chi connectivity index (χ1v) is 7.86. The maximum Gasteiger partial charge on any atom is 0.124 e. The van der Waals surface area contributed by atoms with Gasteiger partial charge < -0.3 is 14.8 Å². The number of para-hydroxylation sites is 1. The number of benzene rings is 1. The highest BCUT2D eigenvalue weighted by atomic mass is 16.5. The molecule has 0 fully saturated rings. The summed E-state index contributed by atoms with van der Waals surface area (Å²) in [7, 11) is 0. The Morgan fingerprint density at radius 2 is 1.85 bits per heavy atom. The summed E-state index contributed by atoms with van der Waals surface area (Å²) >= 11 is 0. The highest BCUT2D eigenvalue weighted by Crippen LogP contribution is 2.26. The van der Waals surface area contributed by atoms with Crippen LogP contribution >= 0.6 is 0 Å². The second-order valence-electron chi connectivity index (χ2n) is 4.87. The van der Waals surface area contributed by atoms with Crippen molar-refractivity contribution in [2.45, 2.75) is 46.1 Å². The standard InChI is InChI=1S/C17H29NO2/c1-4-7-12-19-13-14-20-17-11-9-8-10-15(17)16(5-2)18-6-3/h8-11,16,18H,4-7,12-14H2,1-3H3. The fraction of sp³-hybridized carbons (Fsp3) is 0.647. The van der Waals surface area contributed by atoms with Crippen LogP contribution in [0.15, 0.2) is 24.3 Å². The number of nitrogens with one attached hydrogen (secondary N) is 1. The first-order valence-electron chi connectivity index (χ1n) is 7.86. The lowest BCUT2D eigenvalue weighted by Gasteiger charge is -2.20. The summed E-state index contributed by atoms with van der Waals surface area (Å²) in [5.74, 6) is 0.972. The van der Waals surface area contributed by atoms with E-state index in [1.54, 1.807) is 0 Å². The van der Waals surface area contributed by atoms with E-state index in [2.05, 4.69) is 38.2 Å². The summed E-state index contributed by atoms with van der Waals surface area (Å²) in [5, 5.41) is 3.50. The number of unbranched alkanes of at least 4 members (excludes halogenated alkanes) is 1. The van der Waals surface area contributed by atoms with E-state index in [9.17, 15) is 0 Å². The normalized spacial score (nSPS) is 12.3. The van der Waals surface area contributed by atoms with E-state index < -0.39 is 0 Å². The zero-order valence-corrected chi connectivity index (χ0v) is 13.2. The minimum Gasteiger partial charge on any atom is -0.491 e. The monoisotopic (exact) mass is 279 g/mol. The Morgan fingerprint density at radius 1 is 1.05 bits per heavy atom. The number of hydrogen-bond acceptors (Lipinski definition) is 3. The molecule has 0 saturated carbocycles. The van der Waals surface area contributed by atoms with Gasteiger partial charge in [0, 0.05) is 18.2 Å². The molecule has 0 aromatic heterocycles. The Kier molecular flexibility index (Phi) is 9.09. The lowest BCUT2D eigenvalue weighted by Crippen LogP contribution is -2.21.